The van der Waals surface area contributed by atoms with Crippen molar-refractivity contribution in [3.8, 4) is 0 Å². The van der Waals surface area contributed by atoms with Gasteiger partial charge in [-0.2, -0.15) is 0 Å². The Labute approximate surface area is 62.0 Å². The first-order valence-corrected chi connectivity index (χ1v) is 3.79. The van der Waals surface area contributed by atoms with Gasteiger partial charge in [0.25, 0.3) is 0 Å². The average Bonchev–Trinajstić information content (AvgIpc) is 1.83. The molecule has 58 valence electrons. The lowest BCUT2D eigenvalue weighted by atomic mass is 9.79. The van der Waals surface area contributed by atoms with Crippen LogP contribution in [0.4, 0.5) is 0 Å². The van der Waals surface area contributed by atoms with Crippen LogP contribution in [0, 0.1) is 11.3 Å². The van der Waals surface area contributed by atoms with Crippen molar-refractivity contribution in [1.82, 2.24) is 5.32 Å². The Morgan fingerprint density at radius 3 is 2.60 bits per heavy atom. The first-order chi connectivity index (χ1) is 4.54. The number of piperidine rings is 1. The van der Waals surface area contributed by atoms with E-state index < -0.39 is 0 Å². The second kappa shape index (κ2) is 2.35. The van der Waals surface area contributed by atoms with Crippen LogP contribution in [0.5, 0.6) is 0 Å². The van der Waals surface area contributed by atoms with Gasteiger partial charge >= 0.3 is 0 Å². The molecule has 0 bridgehead atoms. The monoisotopic (exact) mass is 141 g/mol. The van der Waals surface area contributed by atoms with Crippen LogP contribution < -0.4 is 5.32 Å². The third kappa shape index (κ3) is 1.21. The lowest BCUT2D eigenvalue weighted by molar-refractivity contribution is -0.132. The smallest absolute Gasteiger partial charge is 0.143 e. The predicted octanol–water partition coefficient (Wildman–Crippen LogP) is 0.821. The summed E-state index contributed by atoms with van der Waals surface area (Å²) < 4.78 is 0. The number of ketones is 1. The maximum absolute atomic E-state index is 11.4. The van der Waals surface area contributed by atoms with Gasteiger partial charge in [-0.15, -0.1) is 0 Å². The van der Waals surface area contributed by atoms with E-state index in [1.165, 1.54) is 0 Å². The zero-order valence-corrected chi connectivity index (χ0v) is 6.90. The Balaban J connectivity index is 2.70. The van der Waals surface area contributed by atoms with E-state index in [9.17, 15) is 4.79 Å². The summed E-state index contributed by atoms with van der Waals surface area (Å²) in [6, 6.07) is 0. The number of nitrogens with one attached hydrogen (secondary N) is 1. The van der Waals surface area contributed by atoms with Crippen molar-refractivity contribution in [3.05, 3.63) is 0 Å². The Kier molecular flexibility index (Phi) is 1.82. The molecule has 0 aromatic rings. The van der Waals surface area contributed by atoms with Crippen LogP contribution in [0.2, 0.25) is 0 Å². The van der Waals surface area contributed by atoms with E-state index in [0.29, 0.717) is 5.78 Å². The number of Topliss-reactive ketones (excluding diaryl/α,β-unsaturated/α-hetero) is 1. The topological polar surface area (TPSA) is 29.1 Å². The molecule has 1 saturated heterocycles. The summed E-state index contributed by atoms with van der Waals surface area (Å²) >= 11 is 0. The second-order valence-electron chi connectivity index (χ2n) is 3.78. The van der Waals surface area contributed by atoms with Crippen LogP contribution in [0.15, 0.2) is 0 Å². The summed E-state index contributed by atoms with van der Waals surface area (Å²) in [6.45, 7) is 7.66. The molecule has 0 aromatic carbocycles. The molecule has 1 fully saturated rings. The first kappa shape index (κ1) is 7.73. The molecule has 0 aliphatic carbocycles. The fourth-order valence-corrected chi connectivity index (χ4v) is 1.45. The van der Waals surface area contributed by atoms with Gasteiger partial charge in [-0.1, -0.05) is 20.8 Å². The lowest BCUT2D eigenvalue weighted by Crippen LogP contribution is -2.48. The molecule has 0 amide bonds. The molecule has 0 radical (unpaired) electrons. The van der Waals surface area contributed by atoms with Crippen LogP contribution in [0.3, 0.4) is 0 Å². The Morgan fingerprint density at radius 2 is 2.20 bits per heavy atom. The fourth-order valence-electron chi connectivity index (χ4n) is 1.45. The molecule has 0 spiro atoms. The van der Waals surface area contributed by atoms with Gasteiger partial charge in [0.1, 0.15) is 5.78 Å². The molecule has 1 atom stereocenters. The number of rotatable bonds is 0. The van der Waals surface area contributed by atoms with E-state index in [-0.39, 0.29) is 11.3 Å². The number of carbonyl (C=O) groups is 1. The van der Waals surface area contributed by atoms with Crippen LogP contribution in [-0.2, 0) is 4.79 Å². The average molecular weight is 141 g/mol. The van der Waals surface area contributed by atoms with E-state index in [2.05, 4.69) is 5.32 Å². The number of carbonyl (C=O) groups excluding carboxylic acids is 1. The largest absolute Gasteiger partial charge is 0.315 e. The highest BCUT2D eigenvalue weighted by molar-refractivity contribution is 5.87. The van der Waals surface area contributed by atoms with Gasteiger partial charge in [0, 0.05) is 24.4 Å². The van der Waals surface area contributed by atoms with Crippen molar-refractivity contribution < 1.29 is 4.79 Å². The molecule has 0 aromatic heterocycles. The summed E-state index contributed by atoms with van der Waals surface area (Å²) in [6.07, 6.45) is 0. The standard InChI is InChI=1S/C8H15NO/c1-6-4-9-5-8(2,3)7(6)10/h6,9H,4-5H2,1-3H3. The lowest BCUT2D eigenvalue weighted by Gasteiger charge is -2.32. The van der Waals surface area contributed by atoms with E-state index in [0.717, 1.165) is 13.1 Å². The molecule has 1 aliphatic rings. The van der Waals surface area contributed by atoms with Crippen molar-refractivity contribution in [2.75, 3.05) is 13.1 Å². The quantitative estimate of drug-likeness (QED) is 0.541. The normalized spacial score (nSPS) is 32.3. The van der Waals surface area contributed by atoms with Gasteiger partial charge in [-0.3, -0.25) is 4.79 Å². The Hall–Kier alpha value is -0.370. The van der Waals surface area contributed by atoms with Crippen LogP contribution in [-0.4, -0.2) is 18.9 Å². The van der Waals surface area contributed by atoms with Gasteiger partial charge in [0.15, 0.2) is 0 Å². The molecular formula is C8H15NO. The van der Waals surface area contributed by atoms with E-state index in [4.69, 9.17) is 0 Å². The molecule has 1 N–H and O–H groups in total. The third-order valence-corrected chi connectivity index (χ3v) is 2.13. The highest BCUT2D eigenvalue weighted by atomic mass is 16.1. The minimum absolute atomic E-state index is 0.141. The van der Waals surface area contributed by atoms with Crippen molar-refractivity contribution in [3.63, 3.8) is 0 Å². The summed E-state index contributed by atoms with van der Waals surface area (Å²) in [5, 5.41) is 3.23. The number of hydrogen-bond acceptors (Lipinski definition) is 2. The molecule has 1 heterocycles. The van der Waals surface area contributed by atoms with Crippen molar-refractivity contribution in [1.29, 1.82) is 0 Å². The maximum atomic E-state index is 11.4. The second-order valence-corrected chi connectivity index (χ2v) is 3.78. The molecule has 1 unspecified atom stereocenters. The van der Waals surface area contributed by atoms with Crippen molar-refractivity contribution in [2.24, 2.45) is 11.3 Å². The van der Waals surface area contributed by atoms with Gasteiger partial charge in [0.2, 0.25) is 0 Å². The number of hydrogen-bond donors (Lipinski definition) is 1. The SMILES string of the molecule is CC1CNCC(C)(C)C1=O. The van der Waals surface area contributed by atoms with E-state index >= 15 is 0 Å². The van der Waals surface area contributed by atoms with E-state index in [1.54, 1.807) is 0 Å². The Bertz CT molecular complexity index is 151. The molecule has 10 heavy (non-hydrogen) atoms. The Morgan fingerprint density at radius 1 is 1.60 bits per heavy atom. The maximum Gasteiger partial charge on any atom is 0.143 e. The summed E-state index contributed by atoms with van der Waals surface area (Å²) in [5.41, 5.74) is -0.141. The summed E-state index contributed by atoms with van der Waals surface area (Å²) in [7, 11) is 0. The van der Waals surface area contributed by atoms with Crippen LogP contribution in [0.25, 0.3) is 0 Å². The van der Waals surface area contributed by atoms with Gasteiger partial charge in [-0.05, 0) is 0 Å². The van der Waals surface area contributed by atoms with Crippen LogP contribution in [0.1, 0.15) is 20.8 Å². The molecule has 2 heteroatoms. The fraction of sp³-hybridized carbons (Fsp3) is 0.875. The highest BCUT2D eigenvalue weighted by Gasteiger charge is 2.34. The van der Waals surface area contributed by atoms with Crippen LogP contribution >= 0.6 is 0 Å². The molecule has 0 saturated carbocycles. The summed E-state index contributed by atoms with van der Waals surface area (Å²) in [5.74, 6) is 0.593. The van der Waals surface area contributed by atoms with Crippen molar-refractivity contribution in [2.45, 2.75) is 20.8 Å². The van der Waals surface area contributed by atoms with Crippen molar-refractivity contribution >= 4 is 5.78 Å². The minimum Gasteiger partial charge on any atom is -0.315 e. The van der Waals surface area contributed by atoms with E-state index in [1.807, 2.05) is 20.8 Å². The molecule has 2 nitrogen and oxygen atoms in total. The molecule has 1 rings (SSSR count). The highest BCUT2D eigenvalue weighted by Crippen LogP contribution is 2.23. The minimum atomic E-state index is -0.141. The third-order valence-electron chi connectivity index (χ3n) is 2.13. The summed E-state index contributed by atoms with van der Waals surface area (Å²) in [4.78, 5) is 11.4. The molecule has 1 aliphatic heterocycles. The van der Waals surface area contributed by atoms with Gasteiger partial charge in [0.05, 0.1) is 0 Å². The molecular weight excluding hydrogens is 126 g/mol. The first-order valence-electron chi connectivity index (χ1n) is 3.79. The zero-order chi connectivity index (χ0) is 7.78. The zero-order valence-electron chi connectivity index (χ0n) is 6.90. The van der Waals surface area contributed by atoms with Gasteiger partial charge < -0.3 is 5.32 Å². The van der Waals surface area contributed by atoms with Gasteiger partial charge in [-0.25, -0.2) is 0 Å². The predicted molar refractivity (Wildman–Crippen MR) is 40.8 cm³/mol.